The van der Waals surface area contributed by atoms with Gasteiger partial charge in [0, 0.05) is 44.8 Å². The summed E-state index contributed by atoms with van der Waals surface area (Å²) < 4.78 is 40.0. The van der Waals surface area contributed by atoms with Gasteiger partial charge in [-0.1, -0.05) is 6.07 Å². The van der Waals surface area contributed by atoms with E-state index in [9.17, 15) is 22.4 Å². The summed E-state index contributed by atoms with van der Waals surface area (Å²) in [6.07, 6.45) is 0.101. The van der Waals surface area contributed by atoms with Crippen LogP contribution in [0.1, 0.15) is 6.42 Å². The van der Waals surface area contributed by atoms with Crippen LogP contribution in [0.15, 0.2) is 46.0 Å². The average Bonchev–Trinajstić information content (AvgIpc) is 3.39. The van der Waals surface area contributed by atoms with Crippen molar-refractivity contribution in [3.63, 3.8) is 0 Å². The first-order valence-electron chi connectivity index (χ1n) is 9.24. The summed E-state index contributed by atoms with van der Waals surface area (Å²) in [5, 5.41) is 1.72. The molecule has 0 spiro atoms. The summed E-state index contributed by atoms with van der Waals surface area (Å²) in [5.41, 5.74) is 0.568. The molecule has 2 saturated heterocycles. The van der Waals surface area contributed by atoms with Crippen molar-refractivity contribution in [2.24, 2.45) is 5.92 Å². The zero-order chi connectivity index (χ0) is 20.6. The predicted molar refractivity (Wildman–Crippen MR) is 107 cm³/mol. The number of carbonyl (C=O) groups excluding carboxylic acids is 2. The summed E-state index contributed by atoms with van der Waals surface area (Å²) in [6.45, 7) is 1.30. The van der Waals surface area contributed by atoms with Crippen molar-refractivity contribution in [3.8, 4) is 0 Å². The predicted octanol–water partition coefficient (Wildman–Crippen LogP) is 1.77. The molecule has 10 heteroatoms. The van der Waals surface area contributed by atoms with Gasteiger partial charge in [0.1, 0.15) is 10.0 Å². The Kier molecular flexibility index (Phi) is 5.41. The number of hydrogen-bond donors (Lipinski definition) is 0. The monoisotopic (exact) mass is 437 g/mol. The minimum Gasteiger partial charge on any atom is -0.340 e. The third kappa shape index (κ3) is 3.92. The van der Waals surface area contributed by atoms with E-state index in [-0.39, 0.29) is 43.7 Å². The van der Waals surface area contributed by atoms with E-state index < -0.39 is 15.9 Å². The van der Waals surface area contributed by atoms with E-state index in [1.165, 1.54) is 44.8 Å². The molecule has 4 rings (SSSR count). The van der Waals surface area contributed by atoms with Crippen LogP contribution < -0.4 is 4.90 Å². The number of anilines is 1. The Balaban J connectivity index is 1.38. The van der Waals surface area contributed by atoms with Gasteiger partial charge in [0.25, 0.3) is 10.0 Å². The second kappa shape index (κ2) is 7.85. The van der Waals surface area contributed by atoms with Crippen LogP contribution in [0.3, 0.4) is 0 Å². The number of nitrogens with zero attached hydrogens (tertiary/aromatic N) is 3. The number of carbonyl (C=O) groups is 2. The van der Waals surface area contributed by atoms with Crippen LogP contribution in [0.4, 0.5) is 10.1 Å². The Labute approximate surface area is 172 Å². The summed E-state index contributed by atoms with van der Waals surface area (Å²) in [5.74, 6) is -1.18. The molecule has 29 heavy (non-hydrogen) atoms. The molecule has 2 fully saturated rings. The van der Waals surface area contributed by atoms with Gasteiger partial charge in [-0.15, -0.1) is 11.3 Å². The van der Waals surface area contributed by atoms with Crippen LogP contribution in [-0.2, 0) is 19.6 Å². The maximum absolute atomic E-state index is 13.1. The highest BCUT2D eigenvalue weighted by molar-refractivity contribution is 7.91. The van der Waals surface area contributed by atoms with Crippen molar-refractivity contribution in [1.82, 2.24) is 9.21 Å². The lowest BCUT2D eigenvalue weighted by atomic mass is 10.1. The number of piperazine rings is 1. The molecule has 0 saturated carbocycles. The number of benzene rings is 1. The highest BCUT2D eigenvalue weighted by Gasteiger charge is 2.39. The first-order chi connectivity index (χ1) is 13.9. The fourth-order valence-corrected chi connectivity index (χ4v) is 6.25. The quantitative estimate of drug-likeness (QED) is 0.731. The molecular formula is C19H20FN3O4S2. The zero-order valence-corrected chi connectivity index (χ0v) is 17.2. The van der Waals surface area contributed by atoms with Gasteiger partial charge in [-0.2, -0.15) is 4.31 Å². The maximum Gasteiger partial charge on any atom is 0.252 e. The number of sulfonamides is 1. The molecule has 7 nitrogen and oxygen atoms in total. The number of thiophene rings is 1. The SMILES string of the molecule is O=C([C@H]1CC(=O)N(c2ccc(F)cc2)C1)N1CCN(S(=O)(=O)c2cccs2)CC1. The molecule has 0 bridgehead atoms. The van der Waals surface area contributed by atoms with E-state index in [1.54, 1.807) is 22.4 Å². The van der Waals surface area contributed by atoms with Gasteiger partial charge < -0.3 is 9.80 Å². The second-order valence-electron chi connectivity index (χ2n) is 7.04. The minimum atomic E-state index is -3.52. The second-order valence-corrected chi connectivity index (χ2v) is 10.2. The van der Waals surface area contributed by atoms with Crippen LogP contribution in [0.5, 0.6) is 0 Å². The summed E-state index contributed by atoms with van der Waals surface area (Å²) in [7, 11) is -3.52. The van der Waals surface area contributed by atoms with Crippen LogP contribution in [0, 0.1) is 11.7 Å². The van der Waals surface area contributed by atoms with Gasteiger partial charge >= 0.3 is 0 Å². The minimum absolute atomic E-state index is 0.101. The van der Waals surface area contributed by atoms with Crippen molar-refractivity contribution in [2.75, 3.05) is 37.6 Å². The van der Waals surface area contributed by atoms with Gasteiger partial charge in [-0.25, -0.2) is 12.8 Å². The smallest absolute Gasteiger partial charge is 0.252 e. The number of hydrogen-bond acceptors (Lipinski definition) is 5. The van der Waals surface area contributed by atoms with Crippen LogP contribution >= 0.6 is 11.3 Å². The van der Waals surface area contributed by atoms with Crippen molar-refractivity contribution >= 4 is 38.9 Å². The van der Waals surface area contributed by atoms with Crippen LogP contribution in [0.25, 0.3) is 0 Å². The number of halogens is 1. The molecule has 2 aromatic rings. The molecular weight excluding hydrogens is 417 g/mol. The van der Waals surface area contributed by atoms with E-state index in [2.05, 4.69) is 0 Å². The molecule has 0 unspecified atom stereocenters. The topological polar surface area (TPSA) is 78.0 Å². The first-order valence-corrected chi connectivity index (χ1v) is 11.6. The van der Waals surface area contributed by atoms with Crippen molar-refractivity contribution < 1.29 is 22.4 Å². The van der Waals surface area contributed by atoms with Gasteiger partial charge in [0.05, 0.1) is 5.92 Å². The Bertz CT molecular complexity index is 1000. The highest BCUT2D eigenvalue weighted by atomic mass is 32.2. The van der Waals surface area contributed by atoms with E-state index >= 15 is 0 Å². The Morgan fingerprint density at radius 1 is 1.07 bits per heavy atom. The molecule has 2 aliphatic rings. The molecule has 154 valence electrons. The standard InChI is InChI=1S/C19H20FN3O4S2/c20-15-3-5-16(6-4-15)23-13-14(12-17(23)24)19(25)21-7-9-22(10-8-21)29(26,27)18-2-1-11-28-18/h1-6,11,14H,7-10,12-13H2/t14-/m0/s1. The third-order valence-electron chi connectivity index (χ3n) is 5.25. The Morgan fingerprint density at radius 2 is 1.76 bits per heavy atom. The van der Waals surface area contributed by atoms with Gasteiger partial charge in [-0.05, 0) is 35.7 Å². The van der Waals surface area contributed by atoms with Crippen molar-refractivity contribution in [2.45, 2.75) is 10.6 Å². The molecule has 0 aliphatic carbocycles. The van der Waals surface area contributed by atoms with E-state index in [0.717, 1.165) is 0 Å². The van der Waals surface area contributed by atoms with Crippen molar-refractivity contribution in [1.29, 1.82) is 0 Å². The van der Waals surface area contributed by atoms with Gasteiger partial charge in [0.2, 0.25) is 11.8 Å². The fraction of sp³-hybridized carbons (Fsp3) is 0.368. The largest absolute Gasteiger partial charge is 0.340 e. The van der Waals surface area contributed by atoms with E-state index in [0.29, 0.717) is 23.0 Å². The van der Waals surface area contributed by atoms with Crippen LogP contribution in [0.2, 0.25) is 0 Å². The molecule has 2 aliphatic heterocycles. The fourth-order valence-electron chi connectivity index (χ4n) is 3.69. The molecule has 1 atom stereocenters. The third-order valence-corrected chi connectivity index (χ3v) is 8.52. The van der Waals surface area contributed by atoms with Crippen LogP contribution in [-0.4, -0.2) is 62.2 Å². The molecule has 0 radical (unpaired) electrons. The summed E-state index contributed by atoms with van der Waals surface area (Å²) in [4.78, 5) is 28.4. The molecule has 1 aromatic heterocycles. The average molecular weight is 438 g/mol. The first kappa shape index (κ1) is 20.0. The number of amides is 2. The normalized spacial score (nSPS) is 21.0. The highest BCUT2D eigenvalue weighted by Crippen LogP contribution is 2.28. The molecule has 1 aromatic carbocycles. The van der Waals surface area contributed by atoms with Gasteiger partial charge in [0.15, 0.2) is 0 Å². The maximum atomic E-state index is 13.1. The Morgan fingerprint density at radius 3 is 2.38 bits per heavy atom. The van der Waals surface area contributed by atoms with Gasteiger partial charge in [-0.3, -0.25) is 9.59 Å². The zero-order valence-electron chi connectivity index (χ0n) is 15.5. The lowest BCUT2D eigenvalue weighted by molar-refractivity contribution is -0.136. The lowest BCUT2D eigenvalue weighted by Gasteiger charge is -2.34. The van der Waals surface area contributed by atoms with E-state index in [1.807, 2.05) is 0 Å². The summed E-state index contributed by atoms with van der Waals surface area (Å²) in [6, 6.07) is 8.88. The molecule has 2 amide bonds. The summed E-state index contributed by atoms with van der Waals surface area (Å²) >= 11 is 1.17. The molecule has 3 heterocycles. The molecule has 0 N–H and O–H groups in total. The Hall–Kier alpha value is -2.30. The van der Waals surface area contributed by atoms with E-state index in [4.69, 9.17) is 0 Å². The number of rotatable bonds is 4. The lowest BCUT2D eigenvalue weighted by Crippen LogP contribution is -2.52. The van der Waals surface area contributed by atoms with Crippen molar-refractivity contribution in [3.05, 3.63) is 47.6 Å².